The molecule has 0 aliphatic rings. The monoisotopic (exact) mass is 242 g/mol. The number of carbonyl (C=O) groups excluding carboxylic acids is 1. The Morgan fingerprint density at radius 3 is 2.47 bits per heavy atom. The first kappa shape index (κ1) is 15.7. The Bertz CT molecular complexity index is 241. The van der Waals surface area contributed by atoms with E-state index in [0.29, 0.717) is 19.0 Å². The molecule has 1 unspecified atom stereocenters. The number of hydrogen-bond acceptors (Lipinski definition) is 2. The quantitative estimate of drug-likeness (QED) is 0.458. The molecule has 5 heteroatoms. The van der Waals surface area contributed by atoms with Crippen LogP contribution in [0.2, 0.25) is 0 Å². The summed E-state index contributed by atoms with van der Waals surface area (Å²) < 4.78 is 0. The molecule has 0 rings (SSSR count). The molecule has 0 heterocycles. The maximum atomic E-state index is 11.3. The fourth-order valence-corrected chi connectivity index (χ4v) is 1.18. The highest BCUT2D eigenvalue weighted by Gasteiger charge is 2.03. The first-order valence-corrected chi connectivity index (χ1v) is 6.37. The summed E-state index contributed by atoms with van der Waals surface area (Å²) in [7, 11) is 1.73. The van der Waals surface area contributed by atoms with Crippen molar-refractivity contribution in [2.75, 3.05) is 20.1 Å². The second-order valence-corrected chi connectivity index (χ2v) is 4.05. The van der Waals surface area contributed by atoms with E-state index in [2.05, 4.69) is 34.8 Å². The molecule has 0 fully saturated rings. The standard InChI is InChI=1S/C12H26N4O/c1-5-8-14-11(17)7-9-15-12(13-4)16-10(3)6-2/h10H,5-9H2,1-4H3,(H,14,17)(H2,13,15,16). The van der Waals surface area contributed by atoms with Crippen LogP contribution in [0.5, 0.6) is 0 Å². The minimum atomic E-state index is 0.0818. The average molecular weight is 242 g/mol. The lowest BCUT2D eigenvalue weighted by Crippen LogP contribution is -2.43. The second kappa shape index (κ2) is 9.93. The molecule has 0 bridgehead atoms. The summed E-state index contributed by atoms with van der Waals surface area (Å²) in [6.45, 7) is 7.60. The van der Waals surface area contributed by atoms with E-state index in [0.717, 1.165) is 25.3 Å². The van der Waals surface area contributed by atoms with E-state index in [9.17, 15) is 4.79 Å². The second-order valence-electron chi connectivity index (χ2n) is 4.05. The van der Waals surface area contributed by atoms with Gasteiger partial charge in [-0.15, -0.1) is 0 Å². The van der Waals surface area contributed by atoms with Crippen LogP contribution in [-0.4, -0.2) is 38.0 Å². The highest BCUT2D eigenvalue weighted by Crippen LogP contribution is 1.87. The summed E-state index contributed by atoms with van der Waals surface area (Å²) in [5, 5.41) is 9.20. The molecule has 1 atom stereocenters. The lowest BCUT2D eigenvalue weighted by Gasteiger charge is -2.16. The molecule has 17 heavy (non-hydrogen) atoms. The van der Waals surface area contributed by atoms with Gasteiger partial charge in [0, 0.05) is 32.6 Å². The summed E-state index contributed by atoms with van der Waals surface area (Å²) >= 11 is 0. The number of nitrogens with zero attached hydrogens (tertiary/aromatic N) is 1. The van der Waals surface area contributed by atoms with Gasteiger partial charge in [-0.25, -0.2) is 0 Å². The minimum absolute atomic E-state index is 0.0818. The third-order valence-electron chi connectivity index (χ3n) is 2.44. The maximum absolute atomic E-state index is 11.3. The molecule has 0 aliphatic heterocycles. The molecular formula is C12H26N4O. The molecule has 0 saturated heterocycles. The van der Waals surface area contributed by atoms with Crippen molar-refractivity contribution < 1.29 is 4.79 Å². The highest BCUT2D eigenvalue weighted by molar-refractivity contribution is 5.81. The van der Waals surface area contributed by atoms with E-state index in [1.54, 1.807) is 7.05 Å². The molecule has 100 valence electrons. The topological polar surface area (TPSA) is 65.5 Å². The van der Waals surface area contributed by atoms with Gasteiger partial charge >= 0.3 is 0 Å². The number of nitrogens with one attached hydrogen (secondary N) is 3. The van der Waals surface area contributed by atoms with Gasteiger partial charge < -0.3 is 16.0 Å². The van der Waals surface area contributed by atoms with Crippen molar-refractivity contribution in [1.82, 2.24) is 16.0 Å². The predicted molar refractivity (Wildman–Crippen MR) is 72.2 cm³/mol. The Morgan fingerprint density at radius 2 is 1.94 bits per heavy atom. The number of rotatable bonds is 7. The third kappa shape index (κ3) is 8.54. The van der Waals surface area contributed by atoms with Crippen molar-refractivity contribution >= 4 is 11.9 Å². The molecule has 0 spiro atoms. The van der Waals surface area contributed by atoms with Gasteiger partial charge in [-0.05, 0) is 19.8 Å². The van der Waals surface area contributed by atoms with Crippen LogP contribution in [0.15, 0.2) is 4.99 Å². The molecule has 0 aromatic carbocycles. The normalized spacial score (nSPS) is 13.1. The van der Waals surface area contributed by atoms with Gasteiger partial charge in [0.2, 0.25) is 5.91 Å². The first-order chi connectivity index (χ1) is 8.13. The number of guanidine groups is 1. The lowest BCUT2D eigenvalue weighted by molar-refractivity contribution is -0.120. The zero-order valence-corrected chi connectivity index (χ0v) is 11.5. The van der Waals surface area contributed by atoms with Gasteiger partial charge in [-0.2, -0.15) is 0 Å². The molecule has 1 amide bonds. The molecule has 0 aliphatic carbocycles. The van der Waals surface area contributed by atoms with Crippen LogP contribution >= 0.6 is 0 Å². The van der Waals surface area contributed by atoms with Gasteiger partial charge in [-0.1, -0.05) is 13.8 Å². The predicted octanol–water partition coefficient (Wildman–Crippen LogP) is 0.866. The zero-order chi connectivity index (χ0) is 13.1. The molecule has 0 aromatic rings. The van der Waals surface area contributed by atoms with Crippen LogP contribution in [0.1, 0.15) is 40.0 Å². The Balaban J connectivity index is 3.74. The van der Waals surface area contributed by atoms with Crippen molar-refractivity contribution in [3.8, 4) is 0 Å². The van der Waals surface area contributed by atoms with Crippen molar-refractivity contribution in [1.29, 1.82) is 0 Å². The fourth-order valence-electron chi connectivity index (χ4n) is 1.18. The largest absolute Gasteiger partial charge is 0.356 e. The summed E-state index contributed by atoms with van der Waals surface area (Å²) in [5.41, 5.74) is 0. The van der Waals surface area contributed by atoms with E-state index in [-0.39, 0.29) is 5.91 Å². The van der Waals surface area contributed by atoms with E-state index >= 15 is 0 Å². The molecule has 0 saturated carbocycles. The van der Waals surface area contributed by atoms with Crippen LogP contribution in [-0.2, 0) is 4.79 Å². The van der Waals surface area contributed by atoms with E-state index in [1.807, 2.05) is 6.92 Å². The SMILES string of the molecule is CCCNC(=O)CCNC(=NC)NC(C)CC. The van der Waals surface area contributed by atoms with Crippen LogP contribution < -0.4 is 16.0 Å². The van der Waals surface area contributed by atoms with Crippen LogP contribution in [0.4, 0.5) is 0 Å². The molecule has 3 N–H and O–H groups in total. The molecule has 0 radical (unpaired) electrons. The Kier molecular flexibility index (Phi) is 9.19. The summed E-state index contributed by atoms with van der Waals surface area (Å²) in [5.74, 6) is 0.834. The fraction of sp³-hybridized carbons (Fsp3) is 0.833. The van der Waals surface area contributed by atoms with Crippen LogP contribution in [0.3, 0.4) is 0 Å². The lowest BCUT2D eigenvalue weighted by atomic mass is 10.3. The van der Waals surface area contributed by atoms with E-state index in [1.165, 1.54) is 0 Å². The van der Waals surface area contributed by atoms with Crippen molar-refractivity contribution in [3.05, 3.63) is 0 Å². The molecule has 5 nitrogen and oxygen atoms in total. The van der Waals surface area contributed by atoms with Crippen LogP contribution in [0.25, 0.3) is 0 Å². The Labute approximate surface area is 104 Å². The van der Waals surface area contributed by atoms with Gasteiger partial charge in [0.25, 0.3) is 0 Å². The minimum Gasteiger partial charge on any atom is -0.356 e. The number of amides is 1. The van der Waals surface area contributed by atoms with Gasteiger partial charge in [0.1, 0.15) is 0 Å². The number of hydrogen-bond donors (Lipinski definition) is 3. The third-order valence-corrected chi connectivity index (χ3v) is 2.44. The molecule has 0 aromatic heterocycles. The summed E-state index contributed by atoms with van der Waals surface area (Å²) in [6, 6.07) is 0.384. The molecular weight excluding hydrogens is 216 g/mol. The van der Waals surface area contributed by atoms with Gasteiger partial charge in [0.05, 0.1) is 0 Å². The summed E-state index contributed by atoms with van der Waals surface area (Å²) in [6.07, 6.45) is 2.48. The van der Waals surface area contributed by atoms with E-state index < -0.39 is 0 Å². The summed E-state index contributed by atoms with van der Waals surface area (Å²) in [4.78, 5) is 15.4. The smallest absolute Gasteiger partial charge is 0.221 e. The van der Waals surface area contributed by atoms with Crippen LogP contribution in [0, 0.1) is 0 Å². The first-order valence-electron chi connectivity index (χ1n) is 6.37. The van der Waals surface area contributed by atoms with Crippen molar-refractivity contribution in [3.63, 3.8) is 0 Å². The highest BCUT2D eigenvalue weighted by atomic mass is 16.1. The number of carbonyl (C=O) groups is 1. The number of aliphatic imine (C=N–C) groups is 1. The van der Waals surface area contributed by atoms with Crippen molar-refractivity contribution in [2.45, 2.75) is 46.1 Å². The Morgan fingerprint density at radius 1 is 1.24 bits per heavy atom. The zero-order valence-electron chi connectivity index (χ0n) is 11.5. The maximum Gasteiger partial charge on any atom is 0.221 e. The van der Waals surface area contributed by atoms with Crippen molar-refractivity contribution in [2.24, 2.45) is 4.99 Å². The van der Waals surface area contributed by atoms with Gasteiger partial charge in [0.15, 0.2) is 5.96 Å². The van der Waals surface area contributed by atoms with Gasteiger partial charge in [-0.3, -0.25) is 9.79 Å². The average Bonchev–Trinajstić information content (AvgIpc) is 2.34. The van der Waals surface area contributed by atoms with E-state index in [4.69, 9.17) is 0 Å². The Hall–Kier alpha value is -1.26.